The maximum absolute atomic E-state index is 12.4. The highest BCUT2D eigenvalue weighted by molar-refractivity contribution is 5.70. The fourth-order valence-corrected chi connectivity index (χ4v) is 10.1. The first kappa shape index (κ1) is 75.1. The number of hydrogen-bond acceptors (Lipinski definition) is 5. The summed E-state index contributed by atoms with van der Waals surface area (Å²) in [6, 6.07) is 0. The van der Waals surface area contributed by atoms with Gasteiger partial charge in [-0.15, -0.1) is 0 Å². The molecule has 0 aromatic rings. The molecule has 1 atom stereocenters. The Bertz CT molecular complexity index is 1420. The van der Waals surface area contributed by atoms with Crippen LogP contribution in [0, 0.1) is 0 Å². The Hall–Kier alpha value is -2.92. The third kappa shape index (κ3) is 65.6. The molecule has 0 saturated heterocycles. The second kappa shape index (κ2) is 68.4. The van der Waals surface area contributed by atoms with Gasteiger partial charge in [-0.25, -0.2) is 0 Å². The Morgan fingerprint density at radius 1 is 0.308 bits per heavy atom. The van der Waals surface area contributed by atoms with Crippen LogP contribution in [0.25, 0.3) is 0 Å². The molecule has 0 fully saturated rings. The Morgan fingerprint density at radius 3 is 0.846 bits per heavy atom. The van der Waals surface area contributed by atoms with Crippen molar-refractivity contribution < 1.29 is 24.2 Å². The summed E-state index contributed by atoms with van der Waals surface area (Å²) in [4.78, 5) is 24.6. The van der Waals surface area contributed by atoms with Gasteiger partial charge in [-0.1, -0.05) is 330 Å². The lowest BCUT2D eigenvalue weighted by Crippen LogP contribution is -2.28. The fourth-order valence-electron chi connectivity index (χ4n) is 10.1. The van der Waals surface area contributed by atoms with Gasteiger partial charge in [0, 0.05) is 12.8 Å². The third-order valence-corrected chi connectivity index (χ3v) is 15.2. The predicted molar refractivity (Wildman–Crippen MR) is 343 cm³/mol. The van der Waals surface area contributed by atoms with E-state index >= 15 is 0 Å². The largest absolute Gasteiger partial charge is 0.462 e. The highest BCUT2D eigenvalue weighted by Gasteiger charge is 2.16. The molecule has 1 unspecified atom stereocenters. The standard InChI is InChI=1S/C73H130O5/c1-3-5-7-9-11-13-15-17-19-21-23-25-27-28-29-30-31-32-33-34-35-36-37-38-39-40-41-42-43-44-46-48-50-52-54-56-58-60-62-64-66-68-73(76)78-71(69-74)70-77-72(75)67-65-63-61-59-57-55-53-51-49-47-45-26-24-22-20-18-16-14-12-10-8-6-4-2/h5,7,11,13,17,19,22-25,28-29,31-32,71,74H,3-4,6,8-10,12,14-16,18,20-21,26-27,30,33-70H2,1-2H3/b7-5-,13-11-,19-17-,24-22-,25-23-,29-28-,32-31-. The summed E-state index contributed by atoms with van der Waals surface area (Å²) >= 11 is 0. The number of aliphatic hydroxyl groups is 1. The van der Waals surface area contributed by atoms with Crippen LogP contribution in [0.2, 0.25) is 0 Å². The minimum Gasteiger partial charge on any atom is -0.462 e. The van der Waals surface area contributed by atoms with Crippen LogP contribution >= 0.6 is 0 Å². The van der Waals surface area contributed by atoms with Crippen molar-refractivity contribution in [1.82, 2.24) is 0 Å². The molecule has 0 aliphatic carbocycles. The number of ether oxygens (including phenoxy) is 2. The van der Waals surface area contributed by atoms with Crippen LogP contribution in [0.15, 0.2) is 85.1 Å². The zero-order chi connectivity index (χ0) is 56.2. The summed E-state index contributed by atoms with van der Waals surface area (Å²) in [5, 5.41) is 9.69. The van der Waals surface area contributed by atoms with E-state index in [1.165, 1.54) is 244 Å². The first-order valence-corrected chi connectivity index (χ1v) is 34.1. The molecule has 0 saturated carbocycles. The van der Waals surface area contributed by atoms with Gasteiger partial charge >= 0.3 is 11.9 Å². The van der Waals surface area contributed by atoms with Gasteiger partial charge in [-0.2, -0.15) is 0 Å². The molecule has 0 rings (SSSR count). The van der Waals surface area contributed by atoms with Gasteiger partial charge in [0.25, 0.3) is 0 Å². The summed E-state index contributed by atoms with van der Waals surface area (Å²) < 4.78 is 10.8. The molecular weight excluding hydrogens is 957 g/mol. The number of allylic oxidation sites excluding steroid dienone is 14. The summed E-state index contributed by atoms with van der Waals surface area (Å²) in [5.74, 6) is -0.575. The summed E-state index contributed by atoms with van der Waals surface area (Å²) in [6.45, 7) is 4.07. The van der Waals surface area contributed by atoms with Crippen LogP contribution in [-0.4, -0.2) is 36.4 Å². The monoisotopic (exact) mass is 1090 g/mol. The number of carbonyl (C=O) groups is 2. The van der Waals surface area contributed by atoms with Crippen molar-refractivity contribution in [2.75, 3.05) is 13.2 Å². The zero-order valence-corrected chi connectivity index (χ0v) is 51.9. The fraction of sp³-hybridized carbons (Fsp3) is 0.781. The van der Waals surface area contributed by atoms with Crippen molar-refractivity contribution in [2.45, 2.75) is 354 Å². The second-order valence-corrected chi connectivity index (χ2v) is 22.9. The molecular formula is C73H130O5. The van der Waals surface area contributed by atoms with Crippen molar-refractivity contribution in [3.8, 4) is 0 Å². The quantitative estimate of drug-likeness (QED) is 0.0373. The van der Waals surface area contributed by atoms with Gasteiger partial charge in [-0.05, 0) is 89.9 Å². The predicted octanol–water partition coefficient (Wildman–Crippen LogP) is 23.7. The second-order valence-electron chi connectivity index (χ2n) is 22.9. The topological polar surface area (TPSA) is 72.8 Å². The molecule has 0 spiro atoms. The molecule has 0 radical (unpaired) electrons. The van der Waals surface area contributed by atoms with Gasteiger partial charge in [-0.3, -0.25) is 9.59 Å². The summed E-state index contributed by atoms with van der Waals surface area (Å²) in [7, 11) is 0. The molecule has 0 aliphatic rings. The van der Waals surface area contributed by atoms with Crippen molar-refractivity contribution in [2.24, 2.45) is 0 Å². The molecule has 0 amide bonds. The molecule has 0 heterocycles. The van der Waals surface area contributed by atoms with Crippen LogP contribution in [0.5, 0.6) is 0 Å². The van der Waals surface area contributed by atoms with Crippen LogP contribution < -0.4 is 0 Å². The number of unbranched alkanes of at least 4 members (excludes halogenated alkanes) is 41. The van der Waals surface area contributed by atoms with Crippen LogP contribution in [0.1, 0.15) is 348 Å². The third-order valence-electron chi connectivity index (χ3n) is 15.2. The maximum atomic E-state index is 12.4. The normalized spacial score (nSPS) is 12.7. The molecule has 78 heavy (non-hydrogen) atoms. The lowest BCUT2D eigenvalue weighted by molar-refractivity contribution is -0.161. The van der Waals surface area contributed by atoms with Gasteiger partial charge in [0.2, 0.25) is 0 Å². The van der Waals surface area contributed by atoms with Gasteiger partial charge in [0.1, 0.15) is 6.61 Å². The van der Waals surface area contributed by atoms with E-state index in [1.807, 2.05) is 0 Å². The number of esters is 2. The molecule has 0 bridgehead atoms. The zero-order valence-electron chi connectivity index (χ0n) is 51.9. The molecule has 452 valence electrons. The lowest BCUT2D eigenvalue weighted by Gasteiger charge is -2.15. The van der Waals surface area contributed by atoms with E-state index in [-0.39, 0.29) is 25.2 Å². The van der Waals surface area contributed by atoms with E-state index in [0.29, 0.717) is 12.8 Å². The van der Waals surface area contributed by atoms with E-state index in [9.17, 15) is 14.7 Å². The van der Waals surface area contributed by atoms with Crippen molar-refractivity contribution in [1.29, 1.82) is 0 Å². The first-order valence-electron chi connectivity index (χ1n) is 34.1. The Kier molecular flexibility index (Phi) is 65.8. The van der Waals surface area contributed by atoms with E-state index < -0.39 is 6.10 Å². The van der Waals surface area contributed by atoms with Gasteiger partial charge in [0.15, 0.2) is 6.10 Å². The van der Waals surface area contributed by atoms with Crippen molar-refractivity contribution in [3.63, 3.8) is 0 Å². The van der Waals surface area contributed by atoms with Crippen LogP contribution in [-0.2, 0) is 19.1 Å². The molecule has 1 N–H and O–H groups in total. The lowest BCUT2D eigenvalue weighted by atomic mass is 10.0. The average Bonchev–Trinajstić information content (AvgIpc) is 3.44. The minimum absolute atomic E-state index is 0.0633. The van der Waals surface area contributed by atoms with Crippen molar-refractivity contribution in [3.05, 3.63) is 85.1 Å². The highest BCUT2D eigenvalue weighted by Crippen LogP contribution is 2.18. The number of aliphatic hydroxyl groups excluding tert-OH is 1. The van der Waals surface area contributed by atoms with Gasteiger partial charge < -0.3 is 14.6 Å². The van der Waals surface area contributed by atoms with E-state index in [0.717, 1.165) is 77.0 Å². The van der Waals surface area contributed by atoms with E-state index in [2.05, 4.69) is 98.9 Å². The number of hydrogen-bond donors (Lipinski definition) is 1. The minimum atomic E-state index is -0.773. The molecule has 0 aromatic carbocycles. The SMILES string of the molecule is CC/C=C\C/C=C\C/C=C\C/C=C\C/C=C\C/C=C\CCCCCCCCCCCCCCCCCCCCCCCCC(=O)OC(CO)COC(=O)CCCCCCCCCCCCC/C=C\CCCCCCCCCC. The highest BCUT2D eigenvalue weighted by atomic mass is 16.6. The van der Waals surface area contributed by atoms with Crippen LogP contribution in [0.4, 0.5) is 0 Å². The molecule has 0 aromatic heterocycles. The molecule has 5 heteroatoms. The molecule has 5 nitrogen and oxygen atoms in total. The first-order chi connectivity index (χ1) is 38.6. The van der Waals surface area contributed by atoms with Gasteiger partial charge in [0.05, 0.1) is 6.61 Å². The Morgan fingerprint density at radius 2 is 0.551 bits per heavy atom. The number of carbonyl (C=O) groups excluding carboxylic acids is 2. The maximum Gasteiger partial charge on any atom is 0.306 e. The van der Waals surface area contributed by atoms with Crippen molar-refractivity contribution >= 4 is 11.9 Å². The van der Waals surface area contributed by atoms with Crippen LogP contribution in [0.3, 0.4) is 0 Å². The summed E-state index contributed by atoms with van der Waals surface area (Å²) in [5.41, 5.74) is 0. The Labute approximate surface area is 486 Å². The van der Waals surface area contributed by atoms with E-state index in [1.54, 1.807) is 0 Å². The number of rotatable bonds is 63. The smallest absolute Gasteiger partial charge is 0.306 e. The average molecular weight is 1090 g/mol. The molecule has 0 aliphatic heterocycles. The Balaban J connectivity index is 3.42. The van der Waals surface area contributed by atoms with E-state index in [4.69, 9.17) is 9.47 Å². The summed E-state index contributed by atoms with van der Waals surface area (Å²) in [6.07, 6.45) is 96.1.